The number of sulfonamides is 1. The van der Waals surface area contributed by atoms with Crippen molar-refractivity contribution in [1.82, 2.24) is 20.8 Å². The molecule has 1 aromatic heterocycles. The highest BCUT2D eigenvalue weighted by Crippen LogP contribution is 2.16. The molecule has 3 aromatic rings. The normalized spacial score (nSPS) is 10.7. The lowest BCUT2D eigenvalue weighted by Gasteiger charge is -2.09. The van der Waals surface area contributed by atoms with E-state index in [4.69, 9.17) is 0 Å². The molecule has 1 heterocycles. The molecule has 0 unspecified atom stereocenters. The Balaban J connectivity index is 1.61. The molecule has 10 heteroatoms. The predicted molar refractivity (Wildman–Crippen MR) is 101 cm³/mol. The quantitative estimate of drug-likeness (QED) is 0.557. The number of benzene rings is 2. The van der Waals surface area contributed by atoms with Crippen molar-refractivity contribution < 1.29 is 18.0 Å². The zero-order valence-electron chi connectivity index (χ0n) is 14.4. The van der Waals surface area contributed by atoms with Gasteiger partial charge in [-0.2, -0.15) is 0 Å². The fourth-order valence-corrected chi connectivity index (χ4v) is 3.25. The van der Waals surface area contributed by atoms with Crippen molar-refractivity contribution in [1.29, 1.82) is 0 Å². The highest BCUT2D eigenvalue weighted by Gasteiger charge is 2.14. The Hall–Kier alpha value is -3.79. The Morgan fingerprint density at radius 3 is 2.14 bits per heavy atom. The van der Waals surface area contributed by atoms with Crippen LogP contribution in [0.3, 0.4) is 0 Å². The van der Waals surface area contributed by atoms with Crippen molar-refractivity contribution >= 4 is 27.5 Å². The first kappa shape index (κ1) is 19.0. The van der Waals surface area contributed by atoms with E-state index in [1.807, 2.05) is 0 Å². The summed E-state index contributed by atoms with van der Waals surface area (Å²) in [5.41, 5.74) is 5.03. The van der Waals surface area contributed by atoms with E-state index in [-0.39, 0.29) is 16.2 Å². The van der Waals surface area contributed by atoms with Crippen LogP contribution in [0, 0.1) is 0 Å². The van der Waals surface area contributed by atoms with Crippen molar-refractivity contribution in [3.05, 3.63) is 84.4 Å². The molecule has 0 saturated carbocycles. The van der Waals surface area contributed by atoms with Crippen LogP contribution in [0.5, 0.6) is 0 Å². The number of hydrogen-bond acceptors (Lipinski definition) is 6. The third kappa shape index (κ3) is 4.68. The zero-order chi connectivity index (χ0) is 20.0. The number of nitrogens with zero attached hydrogens (tertiary/aromatic N) is 2. The number of hydrazine groups is 1. The summed E-state index contributed by atoms with van der Waals surface area (Å²) in [6, 6.07) is 13.7. The SMILES string of the molecule is O=C(NNC(=O)c1cnccn1)c1ccc(NS(=O)(=O)c2ccccc2)cc1. The second-order valence-electron chi connectivity index (χ2n) is 5.49. The van der Waals surface area contributed by atoms with Gasteiger partial charge in [-0.3, -0.25) is 30.1 Å². The first-order valence-corrected chi connectivity index (χ1v) is 9.49. The van der Waals surface area contributed by atoms with Gasteiger partial charge in [0.1, 0.15) is 5.69 Å². The van der Waals surface area contributed by atoms with Gasteiger partial charge in [0.15, 0.2) is 0 Å². The van der Waals surface area contributed by atoms with Crippen molar-refractivity contribution in [3.63, 3.8) is 0 Å². The number of hydrogen-bond donors (Lipinski definition) is 3. The lowest BCUT2D eigenvalue weighted by Crippen LogP contribution is -2.41. The fraction of sp³-hybridized carbons (Fsp3) is 0. The molecular formula is C18H15N5O4S. The molecule has 0 aliphatic rings. The summed E-state index contributed by atoms with van der Waals surface area (Å²) in [5, 5.41) is 0. The summed E-state index contributed by atoms with van der Waals surface area (Å²) in [5.74, 6) is -1.19. The van der Waals surface area contributed by atoms with Crippen LogP contribution in [-0.4, -0.2) is 30.2 Å². The smallest absolute Gasteiger partial charge is 0.280 e. The number of carbonyl (C=O) groups is 2. The van der Waals surface area contributed by atoms with Crippen LogP contribution in [0.25, 0.3) is 0 Å². The maximum Gasteiger partial charge on any atom is 0.289 e. The summed E-state index contributed by atoms with van der Waals surface area (Å²) in [6.45, 7) is 0. The zero-order valence-corrected chi connectivity index (χ0v) is 15.2. The van der Waals surface area contributed by atoms with Crippen molar-refractivity contribution in [3.8, 4) is 0 Å². The Kier molecular flexibility index (Phi) is 5.61. The van der Waals surface area contributed by atoms with Gasteiger partial charge in [0.05, 0.1) is 11.1 Å². The van der Waals surface area contributed by atoms with E-state index in [1.165, 1.54) is 55.0 Å². The lowest BCUT2D eigenvalue weighted by molar-refractivity contribution is 0.0843. The number of aromatic nitrogens is 2. The molecule has 0 bridgehead atoms. The maximum atomic E-state index is 12.3. The summed E-state index contributed by atoms with van der Waals surface area (Å²) in [4.78, 5) is 31.6. The molecule has 3 rings (SSSR count). The van der Waals surface area contributed by atoms with Crippen LogP contribution >= 0.6 is 0 Å². The lowest BCUT2D eigenvalue weighted by atomic mass is 10.2. The van der Waals surface area contributed by atoms with Crippen LogP contribution in [-0.2, 0) is 10.0 Å². The van der Waals surface area contributed by atoms with E-state index >= 15 is 0 Å². The number of carbonyl (C=O) groups excluding carboxylic acids is 2. The van der Waals surface area contributed by atoms with E-state index in [2.05, 4.69) is 25.5 Å². The fourth-order valence-electron chi connectivity index (χ4n) is 2.17. The minimum Gasteiger partial charge on any atom is -0.280 e. The average molecular weight is 397 g/mol. The second-order valence-corrected chi connectivity index (χ2v) is 7.18. The summed E-state index contributed by atoms with van der Waals surface area (Å²) >= 11 is 0. The average Bonchev–Trinajstić information content (AvgIpc) is 2.73. The predicted octanol–water partition coefficient (Wildman–Crippen LogP) is 1.35. The van der Waals surface area contributed by atoms with Gasteiger partial charge in [-0.05, 0) is 36.4 Å². The van der Waals surface area contributed by atoms with Crippen molar-refractivity contribution in [2.75, 3.05) is 4.72 Å². The summed E-state index contributed by atoms with van der Waals surface area (Å²) in [7, 11) is -3.72. The minimum absolute atomic E-state index is 0.0495. The Labute approximate surface area is 160 Å². The largest absolute Gasteiger partial charge is 0.289 e. The molecule has 0 radical (unpaired) electrons. The molecule has 28 heavy (non-hydrogen) atoms. The number of rotatable bonds is 5. The van der Waals surface area contributed by atoms with Gasteiger partial charge in [-0.25, -0.2) is 13.4 Å². The van der Waals surface area contributed by atoms with E-state index in [0.717, 1.165) is 0 Å². The van der Waals surface area contributed by atoms with Crippen LogP contribution < -0.4 is 15.6 Å². The standard InChI is InChI=1S/C18H15N5O4S/c24-17(21-22-18(25)16-12-19-10-11-20-16)13-6-8-14(9-7-13)23-28(26,27)15-4-2-1-3-5-15/h1-12,23H,(H,21,24)(H,22,25). The number of nitrogens with one attached hydrogen (secondary N) is 3. The van der Waals surface area contributed by atoms with Gasteiger partial charge in [0.2, 0.25) is 0 Å². The molecular weight excluding hydrogens is 382 g/mol. The molecule has 0 spiro atoms. The number of anilines is 1. The molecule has 0 saturated heterocycles. The van der Waals surface area contributed by atoms with E-state index < -0.39 is 21.8 Å². The Morgan fingerprint density at radius 2 is 1.50 bits per heavy atom. The summed E-state index contributed by atoms with van der Waals surface area (Å²) < 4.78 is 27.0. The van der Waals surface area contributed by atoms with Crippen LogP contribution in [0.2, 0.25) is 0 Å². The van der Waals surface area contributed by atoms with Gasteiger partial charge < -0.3 is 0 Å². The highest BCUT2D eigenvalue weighted by atomic mass is 32.2. The van der Waals surface area contributed by atoms with Crippen LogP contribution in [0.4, 0.5) is 5.69 Å². The topological polar surface area (TPSA) is 130 Å². The maximum absolute atomic E-state index is 12.3. The third-order valence-electron chi connectivity index (χ3n) is 3.54. The molecule has 2 aromatic carbocycles. The van der Waals surface area contributed by atoms with Crippen molar-refractivity contribution in [2.45, 2.75) is 4.90 Å². The monoisotopic (exact) mass is 397 g/mol. The molecule has 0 atom stereocenters. The van der Waals surface area contributed by atoms with E-state index in [1.54, 1.807) is 18.2 Å². The molecule has 0 fully saturated rings. The third-order valence-corrected chi connectivity index (χ3v) is 4.94. The second kappa shape index (κ2) is 8.27. The van der Waals surface area contributed by atoms with Gasteiger partial charge in [0.25, 0.3) is 21.8 Å². The van der Waals surface area contributed by atoms with Crippen molar-refractivity contribution in [2.24, 2.45) is 0 Å². The molecule has 0 aliphatic heterocycles. The highest BCUT2D eigenvalue weighted by molar-refractivity contribution is 7.92. The summed E-state index contributed by atoms with van der Waals surface area (Å²) in [6.07, 6.45) is 4.03. The van der Waals surface area contributed by atoms with Gasteiger partial charge >= 0.3 is 0 Å². The Morgan fingerprint density at radius 1 is 0.821 bits per heavy atom. The first-order chi connectivity index (χ1) is 13.5. The molecule has 3 N–H and O–H groups in total. The molecule has 9 nitrogen and oxygen atoms in total. The van der Waals surface area contributed by atoms with E-state index in [0.29, 0.717) is 5.69 Å². The Bertz CT molecular complexity index is 1070. The first-order valence-electron chi connectivity index (χ1n) is 8.00. The molecule has 142 valence electrons. The minimum atomic E-state index is -3.72. The van der Waals surface area contributed by atoms with E-state index in [9.17, 15) is 18.0 Å². The van der Waals surface area contributed by atoms with Crippen LogP contribution in [0.15, 0.2) is 78.1 Å². The van der Waals surface area contributed by atoms with Gasteiger partial charge in [-0.15, -0.1) is 0 Å². The van der Waals surface area contributed by atoms with Gasteiger partial charge in [-0.1, -0.05) is 18.2 Å². The molecule has 2 amide bonds. The molecule has 0 aliphatic carbocycles. The van der Waals surface area contributed by atoms with Crippen LogP contribution in [0.1, 0.15) is 20.8 Å². The number of amides is 2. The van der Waals surface area contributed by atoms with Gasteiger partial charge in [0, 0.05) is 23.6 Å².